The number of halogens is 1. The number of hydrogen-bond acceptors (Lipinski definition) is 6. The average Bonchev–Trinajstić information content (AvgIpc) is 2.44. The minimum absolute atomic E-state index is 0.0261. The van der Waals surface area contributed by atoms with Crippen LogP contribution in [0.3, 0.4) is 0 Å². The van der Waals surface area contributed by atoms with Gasteiger partial charge < -0.3 is 14.8 Å². The number of esters is 1. The standard InChI is InChI=1S/C16H22ClNO6S/c1-5-23-14(19)13(18-15(20)24-16(2,3)4)10-11-7-6-8-12(9-11)25(17,21)22/h6-9,13H,5,10H2,1-4H3,(H,18,20)/t13-/m0/s1. The molecule has 1 aromatic carbocycles. The fraction of sp³-hybridized carbons (Fsp3) is 0.500. The van der Waals surface area contributed by atoms with Gasteiger partial charge in [0.15, 0.2) is 0 Å². The van der Waals surface area contributed by atoms with E-state index in [9.17, 15) is 18.0 Å². The Morgan fingerprint density at radius 1 is 1.28 bits per heavy atom. The van der Waals surface area contributed by atoms with E-state index >= 15 is 0 Å². The van der Waals surface area contributed by atoms with E-state index in [4.69, 9.17) is 20.2 Å². The second kappa shape index (κ2) is 8.53. The van der Waals surface area contributed by atoms with Crippen LogP contribution in [0.4, 0.5) is 4.79 Å². The second-order valence-electron chi connectivity index (χ2n) is 6.24. The predicted octanol–water partition coefficient (Wildman–Crippen LogP) is 2.61. The largest absolute Gasteiger partial charge is 0.464 e. The molecule has 9 heteroatoms. The van der Waals surface area contributed by atoms with Crippen LogP contribution in [0.5, 0.6) is 0 Å². The molecule has 0 radical (unpaired) electrons. The van der Waals surface area contributed by atoms with Crippen LogP contribution >= 0.6 is 10.7 Å². The molecule has 0 fully saturated rings. The number of nitrogens with one attached hydrogen (secondary N) is 1. The first-order chi connectivity index (χ1) is 11.4. The second-order valence-corrected chi connectivity index (χ2v) is 8.81. The van der Waals surface area contributed by atoms with E-state index in [1.54, 1.807) is 33.8 Å². The molecule has 0 aliphatic heterocycles. The molecule has 1 atom stereocenters. The molecule has 1 rings (SSSR count). The van der Waals surface area contributed by atoms with Crippen molar-refractivity contribution in [2.75, 3.05) is 6.61 Å². The Morgan fingerprint density at radius 3 is 2.44 bits per heavy atom. The van der Waals surface area contributed by atoms with Crippen LogP contribution in [0.2, 0.25) is 0 Å². The zero-order valence-electron chi connectivity index (χ0n) is 14.5. The summed E-state index contributed by atoms with van der Waals surface area (Å²) < 4.78 is 32.9. The lowest BCUT2D eigenvalue weighted by Gasteiger charge is -2.23. The zero-order valence-corrected chi connectivity index (χ0v) is 16.1. The number of benzene rings is 1. The average molecular weight is 392 g/mol. The van der Waals surface area contributed by atoms with Gasteiger partial charge in [-0.25, -0.2) is 18.0 Å². The summed E-state index contributed by atoms with van der Waals surface area (Å²) in [5, 5.41) is 2.45. The van der Waals surface area contributed by atoms with Crippen molar-refractivity contribution in [3.8, 4) is 0 Å². The summed E-state index contributed by atoms with van der Waals surface area (Å²) >= 11 is 0. The van der Waals surface area contributed by atoms with Gasteiger partial charge in [-0.15, -0.1) is 0 Å². The van der Waals surface area contributed by atoms with Gasteiger partial charge in [0.2, 0.25) is 0 Å². The van der Waals surface area contributed by atoms with Crippen molar-refractivity contribution < 1.29 is 27.5 Å². The number of amides is 1. The van der Waals surface area contributed by atoms with Crippen molar-refractivity contribution in [1.29, 1.82) is 0 Å². The van der Waals surface area contributed by atoms with E-state index < -0.39 is 32.8 Å². The molecule has 0 aliphatic carbocycles. The first-order valence-corrected chi connectivity index (χ1v) is 9.93. The van der Waals surface area contributed by atoms with E-state index in [1.165, 1.54) is 18.2 Å². The quantitative estimate of drug-likeness (QED) is 0.591. The number of rotatable bonds is 6. The Balaban J connectivity index is 2.98. The fourth-order valence-electron chi connectivity index (χ4n) is 1.95. The van der Waals surface area contributed by atoms with Crippen molar-refractivity contribution in [1.82, 2.24) is 5.32 Å². The highest BCUT2D eigenvalue weighted by atomic mass is 35.7. The lowest BCUT2D eigenvalue weighted by molar-refractivity contribution is -0.145. The molecule has 0 unspecified atom stereocenters. The summed E-state index contributed by atoms with van der Waals surface area (Å²) in [5.41, 5.74) is -0.230. The summed E-state index contributed by atoms with van der Waals surface area (Å²) in [6.07, 6.45) is -0.745. The van der Waals surface area contributed by atoms with Crippen LogP contribution in [0, 0.1) is 0 Å². The van der Waals surface area contributed by atoms with Crippen LogP contribution in [-0.2, 0) is 29.7 Å². The highest BCUT2D eigenvalue weighted by Crippen LogP contribution is 2.17. The van der Waals surface area contributed by atoms with Crippen LogP contribution in [0.25, 0.3) is 0 Å². The molecule has 0 bridgehead atoms. The van der Waals surface area contributed by atoms with Gasteiger partial charge in [0.1, 0.15) is 11.6 Å². The topological polar surface area (TPSA) is 98.8 Å². The van der Waals surface area contributed by atoms with Crippen LogP contribution < -0.4 is 5.32 Å². The number of ether oxygens (including phenoxy) is 2. The molecule has 1 amide bonds. The van der Waals surface area contributed by atoms with Crippen molar-refractivity contribution in [2.24, 2.45) is 0 Å². The van der Waals surface area contributed by atoms with Gasteiger partial charge in [-0.05, 0) is 45.4 Å². The Morgan fingerprint density at radius 2 is 1.92 bits per heavy atom. The highest BCUT2D eigenvalue weighted by molar-refractivity contribution is 8.13. The normalized spacial score (nSPS) is 13.0. The monoisotopic (exact) mass is 391 g/mol. The predicted molar refractivity (Wildman–Crippen MR) is 93.0 cm³/mol. The number of carbonyl (C=O) groups is 2. The van der Waals surface area contributed by atoms with E-state index in [0.29, 0.717) is 5.56 Å². The number of carbonyl (C=O) groups excluding carboxylic acids is 2. The maximum Gasteiger partial charge on any atom is 0.408 e. The third-order valence-corrected chi connectivity index (χ3v) is 4.23. The third-order valence-electron chi connectivity index (χ3n) is 2.88. The Kier molecular flexibility index (Phi) is 7.25. The summed E-state index contributed by atoms with van der Waals surface area (Å²) in [5.74, 6) is -0.646. The number of hydrogen-bond donors (Lipinski definition) is 1. The van der Waals surface area contributed by atoms with Crippen molar-refractivity contribution in [2.45, 2.75) is 50.7 Å². The lowest BCUT2D eigenvalue weighted by atomic mass is 10.1. The molecule has 0 spiro atoms. The first-order valence-electron chi connectivity index (χ1n) is 7.62. The molecule has 25 heavy (non-hydrogen) atoms. The van der Waals surface area contributed by atoms with E-state index in [1.807, 2.05) is 0 Å². The molecular weight excluding hydrogens is 370 g/mol. The highest BCUT2D eigenvalue weighted by Gasteiger charge is 2.26. The maximum atomic E-state index is 12.1. The summed E-state index contributed by atoms with van der Waals surface area (Å²) in [4.78, 5) is 23.9. The fourth-order valence-corrected chi connectivity index (χ4v) is 2.77. The molecule has 1 N–H and O–H groups in total. The van der Waals surface area contributed by atoms with Crippen molar-refractivity contribution in [3.63, 3.8) is 0 Å². The Hall–Kier alpha value is -1.80. The molecule has 0 saturated carbocycles. The molecule has 140 valence electrons. The molecular formula is C16H22ClNO6S. The third kappa shape index (κ3) is 7.74. The Labute approximate surface area is 152 Å². The molecule has 0 aliphatic rings. The summed E-state index contributed by atoms with van der Waals surface area (Å²) in [6, 6.07) is 4.77. The van der Waals surface area contributed by atoms with Gasteiger partial charge in [-0.1, -0.05) is 12.1 Å². The van der Waals surface area contributed by atoms with Crippen molar-refractivity contribution >= 4 is 31.8 Å². The van der Waals surface area contributed by atoms with Gasteiger partial charge in [0.25, 0.3) is 9.05 Å². The van der Waals surface area contributed by atoms with Crippen molar-refractivity contribution in [3.05, 3.63) is 29.8 Å². The lowest BCUT2D eigenvalue weighted by Crippen LogP contribution is -2.45. The minimum Gasteiger partial charge on any atom is -0.464 e. The first kappa shape index (κ1) is 21.2. The van der Waals surface area contributed by atoms with Gasteiger partial charge in [0.05, 0.1) is 11.5 Å². The molecule has 7 nitrogen and oxygen atoms in total. The van der Waals surface area contributed by atoms with E-state index in [2.05, 4.69) is 5.32 Å². The van der Waals surface area contributed by atoms with E-state index in [-0.39, 0.29) is 17.9 Å². The van der Waals surface area contributed by atoms with E-state index in [0.717, 1.165) is 0 Å². The van der Waals surface area contributed by atoms with Crippen LogP contribution in [-0.4, -0.2) is 38.7 Å². The smallest absolute Gasteiger partial charge is 0.408 e. The maximum absolute atomic E-state index is 12.1. The SMILES string of the molecule is CCOC(=O)[C@H](Cc1cccc(S(=O)(=O)Cl)c1)NC(=O)OC(C)(C)C. The van der Waals surface area contributed by atoms with Crippen LogP contribution in [0.1, 0.15) is 33.3 Å². The van der Waals surface area contributed by atoms with Gasteiger partial charge >= 0.3 is 12.1 Å². The molecule has 0 heterocycles. The minimum atomic E-state index is -3.89. The number of alkyl carbamates (subject to hydrolysis) is 1. The Bertz CT molecular complexity index is 726. The van der Waals surface area contributed by atoms with Gasteiger partial charge in [0, 0.05) is 17.1 Å². The van der Waals surface area contributed by atoms with Gasteiger partial charge in [-0.2, -0.15) is 0 Å². The summed E-state index contributed by atoms with van der Waals surface area (Å²) in [7, 11) is 1.43. The summed E-state index contributed by atoms with van der Waals surface area (Å²) in [6.45, 7) is 6.87. The zero-order chi connectivity index (χ0) is 19.3. The molecule has 0 saturated heterocycles. The molecule has 1 aromatic rings. The van der Waals surface area contributed by atoms with Crippen LogP contribution in [0.15, 0.2) is 29.2 Å². The molecule has 0 aromatic heterocycles. The van der Waals surface area contributed by atoms with Gasteiger partial charge in [-0.3, -0.25) is 0 Å².